The molecule has 0 bridgehead atoms. The van der Waals surface area contributed by atoms with Gasteiger partial charge in [-0.3, -0.25) is 0 Å². The fraction of sp³-hybridized carbons (Fsp3) is 0.0909. The van der Waals surface area contributed by atoms with E-state index in [1.165, 1.54) is 7.11 Å². The van der Waals surface area contributed by atoms with Crippen LogP contribution in [0.1, 0.15) is 10.5 Å². The van der Waals surface area contributed by atoms with Crippen molar-refractivity contribution in [2.45, 2.75) is 0 Å². The van der Waals surface area contributed by atoms with Crippen molar-refractivity contribution < 1.29 is 9.53 Å². The second-order valence-corrected chi connectivity index (χ2v) is 4.92. The average molecular weight is 335 g/mol. The molecule has 2 rings (SSSR count). The number of hydrogen-bond acceptors (Lipinski definition) is 3. The van der Waals surface area contributed by atoms with Gasteiger partial charge in [0.15, 0.2) is 5.69 Å². The molecule has 0 spiro atoms. The molecule has 0 radical (unpaired) electrons. The summed E-state index contributed by atoms with van der Waals surface area (Å²) in [6.07, 6.45) is 0. The van der Waals surface area contributed by atoms with E-state index in [0.717, 1.165) is 9.86 Å². The van der Waals surface area contributed by atoms with E-state index >= 15 is 0 Å². The molecule has 6 heteroatoms. The Labute approximate surface area is 116 Å². The first-order valence-corrected chi connectivity index (χ1v) is 6.11. The topological polar surface area (TPSA) is 39.2 Å². The third kappa shape index (κ3) is 2.39. The minimum absolute atomic E-state index is 0.160. The van der Waals surface area contributed by atoms with Gasteiger partial charge in [0, 0.05) is 20.3 Å². The summed E-state index contributed by atoms with van der Waals surface area (Å²) in [6, 6.07) is 5.02. The van der Waals surface area contributed by atoms with Crippen molar-refractivity contribution in [3.63, 3.8) is 0 Å². The lowest BCUT2D eigenvalue weighted by Gasteiger charge is -2.06. The van der Waals surface area contributed by atoms with Crippen molar-refractivity contribution in [1.82, 2.24) is 4.98 Å². The monoisotopic (exact) mass is 333 g/mol. The fourth-order valence-electron chi connectivity index (χ4n) is 1.45. The highest BCUT2D eigenvalue weighted by molar-refractivity contribution is 9.10. The number of methoxy groups -OCH3 is 1. The third-order valence-electron chi connectivity index (χ3n) is 2.21. The standard InChI is InChI=1S/C11H6BrCl2NO2/c1-17-11(16)9-4-6-7(10(14)15-9)2-5(13)3-8(6)12/h2-4H,1H3. The largest absolute Gasteiger partial charge is 0.464 e. The number of rotatable bonds is 1. The summed E-state index contributed by atoms with van der Waals surface area (Å²) in [5, 5.41) is 2.19. The molecule has 1 heterocycles. The van der Waals surface area contributed by atoms with Crippen LogP contribution in [0.15, 0.2) is 22.7 Å². The summed E-state index contributed by atoms with van der Waals surface area (Å²) in [4.78, 5) is 15.4. The van der Waals surface area contributed by atoms with Crippen molar-refractivity contribution >= 4 is 55.9 Å². The van der Waals surface area contributed by atoms with Gasteiger partial charge >= 0.3 is 5.97 Å². The van der Waals surface area contributed by atoms with Crippen LogP contribution in [0.3, 0.4) is 0 Å². The Bertz CT molecular complexity index is 616. The number of fused-ring (bicyclic) bond motifs is 1. The molecular weight excluding hydrogens is 329 g/mol. The van der Waals surface area contributed by atoms with Crippen LogP contribution in [-0.4, -0.2) is 18.1 Å². The minimum atomic E-state index is -0.532. The van der Waals surface area contributed by atoms with Crippen LogP contribution < -0.4 is 0 Å². The van der Waals surface area contributed by atoms with E-state index < -0.39 is 5.97 Å². The highest BCUT2D eigenvalue weighted by atomic mass is 79.9. The van der Waals surface area contributed by atoms with Crippen molar-refractivity contribution in [3.05, 3.63) is 38.5 Å². The summed E-state index contributed by atoms with van der Waals surface area (Å²) in [7, 11) is 1.29. The van der Waals surface area contributed by atoms with Crippen LogP contribution in [0.2, 0.25) is 10.2 Å². The second-order valence-electron chi connectivity index (χ2n) is 3.27. The Morgan fingerprint density at radius 3 is 2.65 bits per heavy atom. The quantitative estimate of drug-likeness (QED) is 0.582. The Morgan fingerprint density at radius 2 is 2.00 bits per heavy atom. The van der Waals surface area contributed by atoms with Crippen LogP contribution >= 0.6 is 39.1 Å². The van der Waals surface area contributed by atoms with Gasteiger partial charge in [0.2, 0.25) is 0 Å². The normalized spacial score (nSPS) is 10.6. The summed E-state index contributed by atoms with van der Waals surface area (Å²) in [6.45, 7) is 0. The van der Waals surface area contributed by atoms with E-state index in [1.807, 2.05) is 0 Å². The fourth-order valence-corrected chi connectivity index (χ4v) is 2.62. The molecule has 0 atom stereocenters. The first kappa shape index (κ1) is 12.6. The van der Waals surface area contributed by atoms with E-state index in [4.69, 9.17) is 23.2 Å². The van der Waals surface area contributed by atoms with Gasteiger partial charge in [0.05, 0.1) is 7.11 Å². The SMILES string of the molecule is COC(=O)c1cc2c(Br)cc(Cl)cc2c(Cl)n1. The number of hydrogen-bond donors (Lipinski definition) is 0. The number of nitrogens with zero attached hydrogens (tertiary/aromatic N) is 1. The van der Waals surface area contributed by atoms with Crippen LogP contribution in [-0.2, 0) is 4.74 Å². The van der Waals surface area contributed by atoms with Gasteiger partial charge in [-0.05, 0) is 18.2 Å². The summed E-state index contributed by atoms with van der Waals surface area (Å²) >= 11 is 15.3. The highest BCUT2D eigenvalue weighted by Gasteiger charge is 2.13. The Balaban J connectivity index is 2.77. The molecule has 3 nitrogen and oxygen atoms in total. The Morgan fingerprint density at radius 1 is 1.29 bits per heavy atom. The van der Waals surface area contributed by atoms with Gasteiger partial charge in [-0.1, -0.05) is 39.1 Å². The van der Waals surface area contributed by atoms with Crippen molar-refractivity contribution in [2.75, 3.05) is 7.11 Å². The molecule has 1 aromatic carbocycles. The predicted octanol–water partition coefficient (Wildman–Crippen LogP) is 4.09. The van der Waals surface area contributed by atoms with Crippen molar-refractivity contribution in [2.24, 2.45) is 0 Å². The van der Waals surface area contributed by atoms with E-state index in [2.05, 4.69) is 25.7 Å². The number of benzene rings is 1. The number of esters is 1. The zero-order valence-corrected chi connectivity index (χ0v) is 11.7. The zero-order chi connectivity index (χ0) is 12.6. The van der Waals surface area contributed by atoms with Crippen LogP contribution in [0, 0.1) is 0 Å². The zero-order valence-electron chi connectivity index (χ0n) is 8.63. The number of carbonyl (C=O) groups excluding carboxylic acids is 1. The lowest BCUT2D eigenvalue weighted by molar-refractivity contribution is 0.0594. The van der Waals surface area contributed by atoms with E-state index in [1.54, 1.807) is 18.2 Å². The van der Waals surface area contributed by atoms with Gasteiger partial charge in [-0.25, -0.2) is 9.78 Å². The molecule has 0 aliphatic rings. The molecule has 1 aromatic heterocycles. The molecule has 88 valence electrons. The number of aromatic nitrogens is 1. The maximum Gasteiger partial charge on any atom is 0.356 e. The number of carbonyl (C=O) groups is 1. The highest BCUT2D eigenvalue weighted by Crippen LogP contribution is 2.32. The predicted molar refractivity (Wildman–Crippen MR) is 70.8 cm³/mol. The van der Waals surface area contributed by atoms with Gasteiger partial charge in [-0.15, -0.1) is 0 Å². The van der Waals surface area contributed by atoms with Crippen LogP contribution in [0.25, 0.3) is 10.8 Å². The van der Waals surface area contributed by atoms with Gasteiger partial charge in [-0.2, -0.15) is 0 Å². The maximum atomic E-state index is 11.4. The maximum absolute atomic E-state index is 11.4. The number of ether oxygens (including phenoxy) is 1. The molecule has 0 saturated heterocycles. The number of pyridine rings is 1. The van der Waals surface area contributed by atoms with Crippen molar-refractivity contribution in [3.8, 4) is 0 Å². The molecule has 0 fully saturated rings. The van der Waals surface area contributed by atoms with Crippen molar-refractivity contribution in [1.29, 1.82) is 0 Å². The Kier molecular flexibility index (Phi) is 3.56. The van der Waals surface area contributed by atoms with E-state index in [9.17, 15) is 4.79 Å². The summed E-state index contributed by atoms with van der Waals surface area (Å²) in [5.74, 6) is -0.532. The molecule has 0 unspecified atom stereocenters. The van der Waals surface area contributed by atoms with Gasteiger partial charge in [0.1, 0.15) is 5.15 Å². The molecule has 0 aliphatic heterocycles. The van der Waals surface area contributed by atoms with E-state index in [-0.39, 0.29) is 10.8 Å². The lowest BCUT2D eigenvalue weighted by atomic mass is 10.1. The smallest absolute Gasteiger partial charge is 0.356 e. The molecule has 17 heavy (non-hydrogen) atoms. The molecule has 2 aromatic rings. The first-order valence-electron chi connectivity index (χ1n) is 4.56. The van der Waals surface area contributed by atoms with Gasteiger partial charge in [0.25, 0.3) is 0 Å². The molecule has 0 saturated carbocycles. The summed E-state index contributed by atoms with van der Waals surface area (Å²) < 4.78 is 5.35. The molecule has 0 N–H and O–H groups in total. The molecular formula is C11H6BrCl2NO2. The van der Waals surface area contributed by atoms with Crippen LogP contribution in [0.5, 0.6) is 0 Å². The van der Waals surface area contributed by atoms with Crippen LogP contribution in [0.4, 0.5) is 0 Å². The molecule has 0 amide bonds. The minimum Gasteiger partial charge on any atom is -0.464 e. The van der Waals surface area contributed by atoms with Gasteiger partial charge < -0.3 is 4.74 Å². The molecule has 0 aliphatic carbocycles. The number of halogens is 3. The third-order valence-corrected chi connectivity index (χ3v) is 3.37. The second kappa shape index (κ2) is 4.80. The first-order chi connectivity index (χ1) is 8.02. The van der Waals surface area contributed by atoms with E-state index in [0.29, 0.717) is 10.4 Å². The summed E-state index contributed by atoms with van der Waals surface area (Å²) in [5.41, 5.74) is 0.160. The average Bonchev–Trinajstić information content (AvgIpc) is 2.29. The Hall–Kier alpha value is -0.840. The lowest BCUT2D eigenvalue weighted by Crippen LogP contribution is -2.04.